The number of hydrogen-bond acceptors (Lipinski definition) is 5. The molecule has 0 spiro atoms. The predicted molar refractivity (Wildman–Crippen MR) is 93.9 cm³/mol. The van der Waals surface area contributed by atoms with Crippen LogP contribution in [0.4, 0.5) is 0 Å². The first-order valence-electron chi connectivity index (χ1n) is 7.68. The van der Waals surface area contributed by atoms with Crippen LogP contribution in [0.2, 0.25) is 0 Å². The van der Waals surface area contributed by atoms with Gasteiger partial charge in [0.15, 0.2) is 0 Å². The molecule has 3 rings (SSSR count). The molecule has 0 unspecified atom stereocenters. The zero-order valence-corrected chi connectivity index (χ0v) is 14.7. The molecule has 0 radical (unpaired) electrons. The van der Waals surface area contributed by atoms with Crippen molar-refractivity contribution in [3.05, 3.63) is 58.8 Å². The molecular weight excluding hydrogens is 322 g/mol. The van der Waals surface area contributed by atoms with E-state index in [0.29, 0.717) is 17.3 Å². The lowest BCUT2D eigenvalue weighted by molar-refractivity contribution is 0.0947. The van der Waals surface area contributed by atoms with E-state index in [2.05, 4.69) is 36.3 Å². The van der Waals surface area contributed by atoms with Crippen LogP contribution in [0.3, 0.4) is 0 Å². The minimum Gasteiger partial charge on any atom is -0.418 e. The Balaban J connectivity index is 1.61. The van der Waals surface area contributed by atoms with Crippen molar-refractivity contribution >= 4 is 17.2 Å². The van der Waals surface area contributed by atoms with Crippen LogP contribution in [0.5, 0.6) is 0 Å². The Bertz CT molecular complexity index is 815. The Morgan fingerprint density at radius 2 is 1.92 bits per heavy atom. The van der Waals surface area contributed by atoms with E-state index >= 15 is 0 Å². The second-order valence-corrected chi connectivity index (χ2v) is 7.44. The summed E-state index contributed by atoms with van der Waals surface area (Å²) in [4.78, 5) is 13.1. The van der Waals surface area contributed by atoms with Crippen molar-refractivity contribution < 1.29 is 9.21 Å². The first kappa shape index (κ1) is 16.4. The van der Waals surface area contributed by atoms with Crippen LogP contribution in [0, 0.1) is 0 Å². The molecule has 0 fully saturated rings. The number of aromatic nitrogens is 2. The third-order valence-corrected chi connectivity index (χ3v) is 4.47. The van der Waals surface area contributed by atoms with Crippen molar-refractivity contribution in [2.24, 2.45) is 0 Å². The Labute approximate surface area is 144 Å². The normalized spacial score (nSPS) is 11.5. The van der Waals surface area contributed by atoms with E-state index in [4.69, 9.17) is 4.42 Å². The molecule has 2 heterocycles. The van der Waals surface area contributed by atoms with Crippen molar-refractivity contribution in [3.63, 3.8) is 0 Å². The molecule has 0 aliphatic heterocycles. The summed E-state index contributed by atoms with van der Waals surface area (Å²) in [6, 6.07) is 11.5. The monoisotopic (exact) mass is 341 g/mol. The van der Waals surface area contributed by atoms with E-state index in [9.17, 15) is 4.79 Å². The Kier molecular flexibility index (Phi) is 4.49. The summed E-state index contributed by atoms with van der Waals surface area (Å²) in [5, 5.41) is 12.7. The van der Waals surface area contributed by atoms with Gasteiger partial charge in [-0.2, -0.15) is 0 Å². The summed E-state index contributed by atoms with van der Waals surface area (Å²) < 4.78 is 5.55. The Morgan fingerprint density at radius 3 is 2.54 bits per heavy atom. The molecule has 0 atom stereocenters. The first-order chi connectivity index (χ1) is 11.4. The molecule has 1 N–H and O–H groups in total. The molecule has 3 aromatic rings. The number of nitrogens with zero attached hydrogens (tertiary/aromatic N) is 2. The maximum atomic E-state index is 12.2. The third-order valence-electron chi connectivity index (χ3n) is 3.61. The second-order valence-electron chi connectivity index (χ2n) is 6.49. The summed E-state index contributed by atoms with van der Waals surface area (Å²) in [6.07, 6.45) is 0. The topological polar surface area (TPSA) is 68.0 Å². The zero-order valence-electron chi connectivity index (χ0n) is 13.9. The molecule has 1 amide bonds. The number of carbonyl (C=O) groups is 1. The maximum Gasteiger partial charge on any atom is 0.257 e. The minimum atomic E-state index is -0.161. The van der Waals surface area contributed by atoms with Crippen molar-refractivity contribution in [1.29, 1.82) is 0 Å². The molecule has 0 aliphatic rings. The number of hydrogen-bond donors (Lipinski definition) is 1. The van der Waals surface area contributed by atoms with Crippen molar-refractivity contribution in [2.75, 3.05) is 0 Å². The fourth-order valence-corrected chi connectivity index (χ4v) is 2.85. The van der Waals surface area contributed by atoms with Gasteiger partial charge in [-0.15, -0.1) is 21.5 Å². The van der Waals surface area contributed by atoms with Gasteiger partial charge in [-0.25, -0.2) is 0 Å². The molecule has 1 aromatic carbocycles. The van der Waals surface area contributed by atoms with E-state index in [1.165, 1.54) is 16.9 Å². The maximum absolute atomic E-state index is 12.2. The number of rotatable bonds is 4. The molecule has 6 heteroatoms. The van der Waals surface area contributed by atoms with Crippen LogP contribution in [-0.2, 0) is 12.0 Å². The molecule has 5 nitrogen and oxygen atoms in total. The molecule has 24 heavy (non-hydrogen) atoms. The highest BCUT2D eigenvalue weighted by molar-refractivity contribution is 7.13. The largest absolute Gasteiger partial charge is 0.418 e. The number of carbonyl (C=O) groups excluding carboxylic acids is 1. The van der Waals surface area contributed by atoms with Gasteiger partial charge in [-0.05, 0) is 34.6 Å². The van der Waals surface area contributed by atoms with Crippen LogP contribution in [0.15, 0.2) is 46.2 Å². The van der Waals surface area contributed by atoms with Gasteiger partial charge in [0.05, 0.1) is 11.4 Å². The van der Waals surface area contributed by atoms with Crippen LogP contribution in [0.1, 0.15) is 42.6 Å². The summed E-state index contributed by atoms with van der Waals surface area (Å²) in [5.74, 6) is 0.702. The van der Waals surface area contributed by atoms with Gasteiger partial charge < -0.3 is 9.73 Å². The standard InChI is InChI=1S/C18H19N3O2S/c1-18(2,3)13-8-6-12(7-9-13)16(22)19-11-15-20-21-17(23-15)14-5-4-10-24-14/h4-10H,11H2,1-3H3,(H,19,22). The van der Waals surface area contributed by atoms with E-state index in [0.717, 1.165) is 4.88 Å². The van der Waals surface area contributed by atoms with Gasteiger partial charge in [-0.3, -0.25) is 4.79 Å². The van der Waals surface area contributed by atoms with E-state index in [1.807, 2.05) is 41.8 Å². The molecule has 0 saturated carbocycles. The number of amides is 1. The van der Waals surface area contributed by atoms with Crippen molar-refractivity contribution in [3.8, 4) is 10.8 Å². The molecule has 124 valence electrons. The zero-order chi connectivity index (χ0) is 17.2. The number of nitrogens with one attached hydrogen (secondary N) is 1. The quantitative estimate of drug-likeness (QED) is 0.778. The van der Waals surface area contributed by atoms with Crippen molar-refractivity contribution in [2.45, 2.75) is 32.7 Å². The second kappa shape index (κ2) is 6.57. The molecule has 0 saturated heterocycles. The van der Waals surface area contributed by atoms with E-state index in [-0.39, 0.29) is 17.9 Å². The van der Waals surface area contributed by atoms with Crippen LogP contribution >= 0.6 is 11.3 Å². The van der Waals surface area contributed by atoms with Crippen LogP contribution < -0.4 is 5.32 Å². The van der Waals surface area contributed by atoms with Gasteiger partial charge >= 0.3 is 0 Å². The van der Waals surface area contributed by atoms with Crippen LogP contribution in [0.25, 0.3) is 10.8 Å². The molecule has 0 aliphatic carbocycles. The van der Waals surface area contributed by atoms with E-state index < -0.39 is 0 Å². The predicted octanol–water partition coefficient (Wildman–Crippen LogP) is 4.03. The number of benzene rings is 1. The summed E-state index contributed by atoms with van der Waals surface area (Å²) in [7, 11) is 0. The molecule has 0 bridgehead atoms. The fourth-order valence-electron chi connectivity index (χ4n) is 2.20. The molecule has 2 aromatic heterocycles. The van der Waals surface area contributed by atoms with Gasteiger partial charge in [0.2, 0.25) is 5.89 Å². The minimum absolute atomic E-state index is 0.0664. The lowest BCUT2D eigenvalue weighted by Crippen LogP contribution is -2.23. The highest BCUT2D eigenvalue weighted by atomic mass is 32.1. The van der Waals surface area contributed by atoms with Gasteiger partial charge in [0.25, 0.3) is 11.8 Å². The third kappa shape index (κ3) is 3.71. The Morgan fingerprint density at radius 1 is 1.17 bits per heavy atom. The fraction of sp³-hybridized carbons (Fsp3) is 0.278. The van der Waals surface area contributed by atoms with Crippen molar-refractivity contribution in [1.82, 2.24) is 15.5 Å². The molecular formula is C18H19N3O2S. The average Bonchev–Trinajstić information content (AvgIpc) is 3.23. The van der Waals surface area contributed by atoms with E-state index in [1.54, 1.807) is 0 Å². The summed E-state index contributed by atoms with van der Waals surface area (Å²) in [5.41, 5.74) is 1.87. The highest BCUT2D eigenvalue weighted by Crippen LogP contribution is 2.23. The smallest absolute Gasteiger partial charge is 0.257 e. The highest BCUT2D eigenvalue weighted by Gasteiger charge is 2.15. The first-order valence-corrected chi connectivity index (χ1v) is 8.56. The SMILES string of the molecule is CC(C)(C)c1ccc(C(=O)NCc2nnc(-c3cccs3)o2)cc1. The van der Waals surface area contributed by atoms with Crippen LogP contribution in [-0.4, -0.2) is 16.1 Å². The lowest BCUT2D eigenvalue weighted by atomic mass is 9.87. The average molecular weight is 341 g/mol. The number of thiophene rings is 1. The van der Waals surface area contributed by atoms with Gasteiger partial charge in [-0.1, -0.05) is 39.0 Å². The van der Waals surface area contributed by atoms with Gasteiger partial charge in [0, 0.05) is 5.56 Å². The Hall–Kier alpha value is -2.47. The van der Waals surface area contributed by atoms with Gasteiger partial charge in [0.1, 0.15) is 0 Å². The lowest BCUT2D eigenvalue weighted by Gasteiger charge is -2.18. The summed E-state index contributed by atoms with van der Waals surface area (Å²) in [6.45, 7) is 6.63. The summed E-state index contributed by atoms with van der Waals surface area (Å²) >= 11 is 1.53.